The standard InChI is InChI=1S/C13H15N3O2S2/c1-9(2)19-13-16-15-12(20-13)14-11(17)8-18-10-6-4-3-5-7-10/h3-7,9H,8H2,1-2H3,(H,14,15,17). The van der Waals surface area contributed by atoms with Gasteiger partial charge >= 0.3 is 0 Å². The minimum Gasteiger partial charge on any atom is -0.484 e. The highest BCUT2D eigenvalue weighted by atomic mass is 32.2. The van der Waals surface area contributed by atoms with Crippen LogP contribution < -0.4 is 10.1 Å². The molecule has 0 aliphatic carbocycles. The van der Waals surface area contributed by atoms with Crippen LogP contribution in [0.25, 0.3) is 0 Å². The molecule has 0 aliphatic rings. The summed E-state index contributed by atoms with van der Waals surface area (Å²) < 4.78 is 6.20. The predicted octanol–water partition coefficient (Wildman–Crippen LogP) is 3.06. The van der Waals surface area contributed by atoms with E-state index in [1.165, 1.54) is 11.3 Å². The first kappa shape index (κ1) is 14.8. The minimum atomic E-state index is -0.244. The second-order valence-electron chi connectivity index (χ2n) is 4.19. The molecule has 2 aromatic rings. The maximum absolute atomic E-state index is 11.7. The Hall–Kier alpha value is -1.60. The number of thioether (sulfide) groups is 1. The second kappa shape index (κ2) is 7.25. The summed E-state index contributed by atoms with van der Waals surface area (Å²) >= 11 is 2.98. The highest BCUT2D eigenvalue weighted by Gasteiger charge is 2.10. The Morgan fingerprint density at radius 2 is 2.10 bits per heavy atom. The first-order valence-corrected chi connectivity index (χ1v) is 7.81. The van der Waals surface area contributed by atoms with Gasteiger partial charge < -0.3 is 4.74 Å². The van der Waals surface area contributed by atoms with Crippen molar-refractivity contribution in [2.24, 2.45) is 0 Å². The van der Waals surface area contributed by atoms with Crippen LogP contribution in [0, 0.1) is 0 Å². The fourth-order valence-corrected chi connectivity index (χ4v) is 3.32. The monoisotopic (exact) mass is 309 g/mol. The number of aromatic nitrogens is 2. The summed E-state index contributed by atoms with van der Waals surface area (Å²) in [5.41, 5.74) is 0. The normalized spacial score (nSPS) is 10.6. The maximum atomic E-state index is 11.7. The van der Waals surface area contributed by atoms with Gasteiger partial charge in [0.05, 0.1) is 0 Å². The molecule has 1 heterocycles. The third kappa shape index (κ3) is 4.82. The van der Waals surface area contributed by atoms with Crippen LogP contribution in [0.15, 0.2) is 34.7 Å². The molecule has 1 aromatic carbocycles. The quantitative estimate of drug-likeness (QED) is 0.656. The van der Waals surface area contributed by atoms with E-state index in [1.54, 1.807) is 23.9 Å². The molecule has 0 radical (unpaired) electrons. The average Bonchev–Trinajstić information content (AvgIpc) is 2.84. The molecule has 0 bridgehead atoms. The van der Waals surface area contributed by atoms with Crippen LogP contribution in [0.1, 0.15) is 13.8 Å². The van der Waals surface area contributed by atoms with Gasteiger partial charge in [0.2, 0.25) is 5.13 Å². The molecule has 20 heavy (non-hydrogen) atoms. The van der Waals surface area contributed by atoms with Gasteiger partial charge in [0, 0.05) is 5.25 Å². The van der Waals surface area contributed by atoms with Crippen LogP contribution >= 0.6 is 23.1 Å². The molecule has 0 fully saturated rings. The van der Waals surface area contributed by atoms with E-state index in [9.17, 15) is 4.79 Å². The van der Waals surface area contributed by atoms with E-state index in [2.05, 4.69) is 29.4 Å². The Balaban J connectivity index is 1.81. The van der Waals surface area contributed by atoms with Crippen molar-refractivity contribution < 1.29 is 9.53 Å². The molecule has 0 saturated heterocycles. The van der Waals surface area contributed by atoms with Gasteiger partial charge in [-0.15, -0.1) is 10.2 Å². The van der Waals surface area contributed by atoms with Gasteiger partial charge in [-0.1, -0.05) is 55.1 Å². The SMILES string of the molecule is CC(C)Sc1nnc(NC(=O)COc2ccccc2)s1. The van der Waals surface area contributed by atoms with Crippen LogP contribution in [0.4, 0.5) is 5.13 Å². The molecule has 0 saturated carbocycles. The molecule has 5 nitrogen and oxygen atoms in total. The summed E-state index contributed by atoms with van der Waals surface area (Å²) in [5, 5.41) is 11.5. The number of nitrogens with zero attached hydrogens (tertiary/aromatic N) is 2. The van der Waals surface area contributed by atoms with E-state index in [0.29, 0.717) is 16.1 Å². The highest BCUT2D eigenvalue weighted by Crippen LogP contribution is 2.28. The highest BCUT2D eigenvalue weighted by molar-refractivity contribution is 8.01. The lowest BCUT2D eigenvalue weighted by Gasteiger charge is -2.04. The Labute approximate surface area is 125 Å². The first-order chi connectivity index (χ1) is 9.63. The van der Waals surface area contributed by atoms with Gasteiger partial charge in [-0.25, -0.2) is 0 Å². The summed E-state index contributed by atoms with van der Waals surface area (Å²) in [5.74, 6) is 0.419. The van der Waals surface area contributed by atoms with Crippen molar-refractivity contribution in [2.45, 2.75) is 23.4 Å². The third-order valence-corrected chi connectivity index (χ3v) is 4.03. The molecular weight excluding hydrogens is 294 g/mol. The zero-order valence-electron chi connectivity index (χ0n) is 11.2. The molecular formula is C13H15N3O2S2. The number of amides is 1. The summed E-state index contributed by atoms with van der Waals surface area (Å²) in [6.07, 6.45) is 0. The van der Waals surface area contributed by atoms with Gasteiger partial charge in [0.15, 0.2) is 10.9 Å². The number of para-hydroxylation sites is 1. The molecule has 1 amide bonds. The van der Waals surface area contributed by atoms with E-state index < -0.39 is 0 Å². The van der Waals surface area contributed by atoms with E-state index in [4.69, 9.17) is 4.74 Å². The number of anilines is 1. The molecule has 2 rings (SSSR count). The van der Waals surface area contributed by atoms with Crippen molar-refractivity contribution in [3.63, 3.8) is 0 Å². The molecule has 0 aliphatic heterocycles. The lowest BCUT2D eigenvalue weighted by Crippen LogP contribution is -2.20. The van der Waals surface area contributed by atoms with Crippen molar-refractivity contribution in [2.75, 3.05) is 11.9 Å². The van der Waals surface area contributed by atoms with Crippen LogP contribution in [0.2, 0.25) is 0 Å². The number of hydrogen-bond donors (Lipinski definition) is 1. The second-order valence-corrected chi connectivity index (χ2v) is 6.99. The van der Waals surface area contributed by atoms with Crippen LogP contribution in [0.5, 0.6) is 5.75 Å². The van der Waals surface area contributed by atoms with E-state index in [-0.39, 0.29) is 12.5 Å². The van der Waals surface area contributed by atoms with Gasteiger partial charge in [0.25, 0.3) is 5.91 Å². The van der Waals surface area contributed by atoms with Gasteiger partial charge in [-0.2, -0.15) is 0 Å². The summed E-state index contributed by atoms with van der Waals surface area (Å²) in [6, 6.07) is 9.20. The summed E-state index contributed by atoms with van der Waals surface area (Å²) in [7, 11) is 0. The van der Waals surface area contributed by atoms with E-state index in [1.807, 2.05) is 18.2 Å². The lowest BCUT2D eigenvalue weighted by molar-refractivity contribution is -0.118. The number of hydrogen-bond acceptors (Lipinski definition) is 6. The van der Waals surface area contributed by atoms with Crippen molar-refractivity contribution in [3.05, 3.63) is 30.3 Å². The zero-order chi connectivity index (χ0) is 14.4. The van der Waals surface area contributed by atoms with E-state index >= 15 is 0 Å². The van der Waals surface area contributed by atoms with Gasteiger partial charge in [-0.05, 0) is 12.1 Å². The fraction of sp³-hybridized carbons (Fsp3) is 0.308. The van der Waals surface area contributed by atoms with Crippen LogP contribution in [-0.4, -0.2) is 28.0 Å². The maximum Gasteiger partial charge on any atom is 0.264 e. The molecule has 0 unspecified atom stereocenters. The number of nitrogens with one attached hydrogen (secondary N) is 1. The summed E-state index contributed by atoms with van der Waals surface area (Å²) in [6.45, 7) is 4.12. The first-order valence-electron chi connectivity index (χ1n) is 6.11. The Morgan fingerprint density at radius 3 is 2.80 bits per heavy atom. The topological polar surface area (TPSA) is 64.1 Å². The number of carbonyl (C=O) groups excluding carboxylic acids is 1. The van der Waals surface area contributed by atoms with Crippen molar-refractivity contribution >= 4 is 34.1 Å². The number of rotatable bonds is 6. The van der Waals surface area contributed by atoms with Crippen LogP contribution in [0.3, 0.4) is 0 Å². The Kier molecular flexibility index (Phi) is 5.37. The molecule has 106 valence electrons. The lowest BCUT2D eigenvalue weighted by atomic mass is 10.3. The summed E-state index contributed by atoms with van der Waals surface area (Å²) in [4.78, 5) is 11.7. The van der Waals surface area contributed by atoms with E-state index in [0.717, 1.165) is 4.34 Å². The zero-order valence-corrected chi connectivity index (χ0v) is 12.8. The number of carbonyl (C=O) groups is 1. The largest absolute Gasteiger partial charge is 0.484 e. The number of ether oxygens (including phenoxy) is 1. The molecule has 1 N–H and O–H groups in total. The predicted molar refractivity (Wildman–Crippen MR) is 81.5 cm³/mol. The average molecular weight is 309 g/mol. The fourth-order valence-electron chi connectivity index (χ4n) is 1.33. The van der Waals surface area contributed by atoms with Crippen molar-refractivity contribution in [3.8, 4) is 5.75 Å². The molecule has 7 heteroatoms. The molecule has 0 atom stereocenters. The molecule has 1 aromatic heterocycles. The van der Waals surface area contributed by atoms with Gasteiger partial charge in [-0.3, -0.25) is 10.1 Å². The Morgan fingerprint density at radius 1 is 1.35 bits per heavy atom. The van der Waals surface area contributed by atoms with Gasteiger partial charge in [0.1, 0.15) is 5.75 Å². The number of benzene rings is 1. The Bertz CT molecular complexity index is 558. The van der Waals surface area contributed by atoms with Crippen LogP contribution in [-0.2, 0) is 4.79 Å². The minimum absolute atomic E-state index is 0.0454. The van der Waals surface area contributed by atoms with Crippen molar-refractivity contribution in [1.82, 2.24) is 10.2 Å². The third-order valence-electron chi connectivity index (χ3n) is 2.10. The van der Waals surface area contributed by atoms with Crippen molar-refractivity contribution in [1.29, 1.82) is 0 Å². The molecule has 0 spiro atoms. The smallest absolute Gasteiger partial charge is 0.264 e.